The van der Waals surface area contributed by atoms with Crippen LogP contribution in [0.5, 0.6) is 11.6 Å². The number of fused-ring (bicyclic) bond motifs is 1. The van der Waals surface area contributed by atoms with Gasteiger partial charge >= 0.3 is 0 Å². The maximum Gasteiger partial charge on any atom is 0.252 e. The maximum absolute atomic E-state index is 13.0. The Labute approximate surface area is 207 Å². The van der Waals surface area contributed by atoms with Gasteiger partial charge in [0.1, 0.15) is 5.75 Å². The minimum atomic E-state index is -0.345. The number of thiol groups is 1. The normalized spacial score (nSPS) is 14.6. The van der Waals surface area contributed by atoms with Crippen molar-refractivity contribution in [1.29, 1.82) is 0 Å². The number of benzene rings is 2. The van der Waals surface area contributed by atoms with Gasteiger partial charge in [-0.3, -0.25) is 4.79 Å². The van der Waals surface area contributed by atoms with E-state index in [2.05, 4.69) is 53.2 Å². The number of aromatic nitrogens is 1. The van der Waals surface area contributed by atoms with Crippen LogP contribution in [0.2, 0.25) is 0 Å². The third kappa shape index (κ3) is 5.65. The van der Waals surface area contributed by atoms with Crippen LogP contribution in [0, 0.1) is 6.92 Å². The summed E-state index contributed by atoms with van der Waals surface area (Å²) in [5.41, 5.74) is 3.19. The number of likely N-dealkylation sites (N-methyl/N-ethyl adjacent to an activating group) is 1. The summed E-state index contributed by atoms with van der Waals surface area (Å²) >= 11 is 3.53. The standard InChI is InChI=1S/C22H22N2O3.C4H7N.CH4S/c1-14-7-8-15(26-2)13-17(14)21(25)24-22(11-12-22)18-5-4-6-19-16(18)9-10-20(23-19)27-3;1-5-3-2-4-5;1-2/h4-10,13H,11-12H2,1-3H3,(H,24,25);2-3H,4H2,1H3;2H,1H3. The van der Waals surface area contributed by atoms with Gasteiger partial charge in [0.2, 0.25) is 5.88 Å². The fraction of sp³-hybridized carbons (Fsp3) is 0.333. The zero-order valence-electron chi connectivity index (χ0n) is 20.5. The van der Waals surface area contributed by atoms with Crippen LogP contribution in [0.4, 0.5) is 0 Å². The molecule has 1 amide bonds. The van der Waals surface area contributed by atoms with Crippen molar-refractivity contribution < 1.29 is 14.3 Å². The van der Waals surface area contributed by atoms with E-state index in [4.69, 9.17) is 9.47 Å². The summed E-state index contributed by atoms with van der Waals surface area (Å²) < 4.78 is 10.5. The van der Waals surface area contributed by atoms with Crippen molar-refractivity contribution in [1.82, 2.24) is 15.2 Å². The molecule has 1 N–H and O–H groups in total. The molecule has 2 heterocycles. The second kappa shape index (κ2) is 11.3. The Morgan fingerprint density at radius 3 is 2.35 bits per heavy atom. The van der Waals surface area contributed by atoms with Gasteiger partial charge in [0.15, 0.2) is 0 Å². The van der Waals surface area contributed by atoms with Crippen LogP contribution >= 0.6 is 12.6 Å². The molecular weight excluding hydrogens is 446 g/mol. The number of carbonyl (C=O) groups excluding carboxylic acids is 1. The Kier molecular flexibility index (Phi) is 8.45. The summed E-state index contributed by atoms with van der Waals surface area (Å²) in [6.07, 6.45) is 7.69. The van der Waals surface area contributed by atoms with Crippen molar-refractivity contribution in [2.24, 2.45) is 0 Å². The zero-order valence-corrected chi connectivity index (χ0v) is 21.4. The number of ether oxygens (including phenoxy) is 2. The van der Waals surface area contributed by atoms with Crippen molar-refractivity contribution in [2.75, 3.05) is 34.1 Å². The first-order valence-electron chi connectivity index (χ1n) is 11.2. The highest BCUT2D eigenvalue weighted by molar-refractivity contribution is 7.79. The summed E-state index contributed by atoms with van der Waals surface area (Å²) in [4.78, 5) is 19.6. The van der Waals surface area contributed by atoms with Crippen LogP contribution in [0.3, 0.4) is 0 Å². The van der Waals surface area contributed by atoms with E-state index in [9.17, 15) is 4.79 Å². The molecule has 6 nitrogen and oxygen atoms in total. The Hall–Kier alpha value is -3.19. The molecule has 1 aliphatic carbocycles. The predicted octanol–water partition coefficient (Wildman–Crippen LogP) is 4.97. The molecule has 0 spiro atoms. The summed E-state index contributed by atoms with van der Waals surface area (Å²) in [5, 5.41) is 4.30. The van der Waals surface area contributed by atoms with Gasteiger partial charge in [0.25, 0.3) is 5.91 Å². The van der Waals surface area contributed by atoms with Gasteiger partial charge < -0.3 is 19.7 Å². The van der Waals surface area contributed by atoms with Gasteiger partial charge in [0.05, 0.1) is 25.3 Å². The molecule has 1 fully saturated rings. The second-order valence-electron chi connectivity index (χ2n) is 8.27. The molecule has 0 bridgehead atoms. The average molecular weight is 480 g/mol. The van der Waals surface area contributed by atoms with E-state index in [0.29, 0.717) is 17.2 Å². The minimum Gasteiger partial charge on any atom is -0.497 e. The lowest BCUT2D eigenvalue weighted by atomic mass is 9.98. The van der Waals surface area contributed by atoms with Gasteiger partial charge in [0, 0.05) is 30.6 Å². The fourth-order valence-corrected chi connectivity index (χ4v) is 3.83. The molecule has 2 aliphatic rings. The van der Waals surface area contributed by atoms with Gasteiger partial charge in [-0.2, -0.15) is 12.6 Å². The molecule has 2 aromatic carbocycles. The van der Waals surface area contributed by atoms with Crippen molar-refractivity contribution >= 4 is 29.4 Å². The Morgan fingerprint density at radius 1 is 1.09 bits per heavy atom. The van der Waals surface area contributed by atoms with Gasteiger partial charge in [-0.05, 0) is 73.7 Å². The molecule has 5 rings (SSSR count). The van der Waals surface area contributed by atoms with Crippen LogP contribution < -0.4 is 14.8 Å². The molecule has 0 atom stereocenters. The Bertz CT molecular complexity index is 1170. The number of pyridine rings is 1. The van der Waals surface area contributed by atoms with Crippen molar-refractivity contribution in [3.05, 3.63) is 77.5 Å². The third-order valence-corrected chi connectivity index (χ3v) is 5.98. The number of rotatable bonds is 5. The Morgan fingerprint density at radius 2 is 1.79 bits per heavy atom. The number of methoxy groups -OCH3 is 2. The summed E-state index contributed by atoms with van der Waals surface area (Å²) in [7, 11) is 5.27. The van der Waals surface area contributed by atoms with Gasteiger partial charge in [-0.1, -0.05) is 18.2 Å². The Balaban J connectivity index is 0.000000404. The number of hydrogen-bond acceptors (Lipinski definition) is 6. The molecule has 1 saturated carbocycles. The minimum absolute atomic E-state index is 0.0811. The average Bonchev–Trinajstić information content (AvgIpc) is 3.64. The highest BCUT2D eigenvalue weighted by Gasteiger charge is 2.46. The van der Waals surface area contributed by atoms with E-state index < -0.39 is 0 Å². The van der Waals surface area contributed by atoms with E-state index in [0.717, 1.165) is 41.4 Å². The monoisotopic (exact) mass is 479 g/mol. The van der Waals surface area contributed by atoms with Crippen LogP contribution in [0.25, 0.3) is 10.9 Å². The van der Waals surface area contributed by atoms with Crippen LogP contribution in [0.1, 0.15) is 34.3 Å². The molecule has 0 radical (unpaired) electrons. The zero-order chi connectivity index (χ0) is 24.7. The largest absolute Gasteiger partial charge is 0.497 e. The number of nitrogens with zero attached hydrogens (tertiary/aromatic N) is 2. The highest BCUT2D eigenvalue weighted by Crippen LogP contribution is 2.48. The molecule has 1 aliphatic heterocycles. The fourth-order valence-electron chi connectivity index (χ4n) is 3.83. The predicted molar refractivity (Wildman–Crippen MR) is 141 cm³/mol. The number of aryl methyl sites for hydroxylation is 1. The molecule has 7 heteroatoms. The third-order valence-electron chi connectivity index (χ3n) is 5.98. The molecule has 34 heavy (non-hydrogen) atoms. The number of amides is 1. The first-order valence-corrected chi connectivity index (χ1v) is 12.1. The molecular formula is C27H33N3O3S. The quantitative estimate of drug-likeness (QED) is 0.506. The lowest BCUT2D eigenvalue weighted by Crippen LogP contribution is -2.35. The van der Waals surface area contributed by atoms with Crippen molar-refractivity contribution in [3.63, 3.8) is 0 Å². The molecule has 180 valence electrons. The van der Waals surface area contributed by atoms with Gasteiger partial charge in [-0.15, -0.1) is 0 Å². The smallest absolute Gasteiger partial charge is 0.252 e. The molecule has 3 aromatic rings. The molecule has 0 unspecified atom stereocenters. The lowest BCUT2D eigenvalue weighted by molar-refractivity contribution is 0.0930. The van der Waals surface area contributed by atoms with E-state index in [-0.39, 0.29) is 11.4 Å². The topological polar surface area (TPSA) is 63.7 Å². The number of nitrogens with one attached hydrogen (secondary N) is 1. The van der Waals surface area contributed by atoms with Crippen LogP contribution in [-0.2, 0) is 5.54 Å². The number of carbonyl (C=O) groups is 1. The summed E-state index contributed by atoms with van der Waals surface area (Å²) in [5.74, 6) is 1.18. The van der Waals surface area contributed by atoms with Crippen molar-refractivity contribution in [2.45, 2.75) is 25.3 Å². The summed E-state index contributed by atoms with van der Waals surface area (Å²) in [6.45, 7) is 3.07. The number of hydrogen-bond donors (Lipinski definition) is 2. The second-order valence-corrected chi connectivity index (χ2v) is 8.27. The first-order chi connectivity index (χ1) is 16.5. The van der Waals surface area contributed by atoms with E-state index in [1.807, 2.05) is 43.3 Å². The highest BCUT2D eigenvalue weighted by atomic mass is 32.1. The van der Waals surface area contributed by atoms with Gasteiger partial charge in [-0.25, -0.2) is 4.98 Å². The summed E-state index contributed by atoms with van der Waals surface area (Å²) in [6, 6.07) is 15.4. The van der Waals surface area contributed by atoms with Crippen LogP contribution in [0.15, 0.2) is 60.8 Å². The maximum atomic E-state index is 13.0. The van der Waals surface area contributed by atoms with Crippen LogP contribution in [-0.4, -0.2) is 49.9 Å². The molecule has 1 aromatic heterocycles. The van der Waals surface area contributed by atoms with E-state index in [1.54, 1.807) is 26.5 Å². The van der Waals surface area contributed by atoms with Crippen molar-refractivity contribution in [3.8, 4) is 11.6 Å². The molecule has 0 saturated heterocycles. The van der Waals surface area contributed by atoms with E-state index >= 15 is 0 Å². The lowest BCUT2D eigenvalue weighted by Gasteiger charge is -2.21. The van der Waals surface area contributed by atoms with E-state index in [1.165, 1.54) is 0 Å². The SMILES string of the molecule is CN1C=CC1.COc1ccc(C)c(C(=O)NC2(c3cccc4nc(OC)ccc34)CC2)c1.CS. The first kappa shape index (κ1) is 25.4.